The van der Waals surface area contributed by atoms with Crippen LogP contribution in [0.5, 0.6) is 11.5 Å². The number of hydrogen-bond donors (Lipinski definition) is 1. The highest BCUT2D eigenvalue weighted by Crippen LogP contribution is 2.33. The van der Waals surface area contributed by atoms with Crippen molar-refractivity contribution in [3.63, 3.8) is 0 Å². The fourth-order valence-corrected chi connectivity index (χ4v) is 2.58. The minimum absolute atomic E-state index is 0.0822. The molecule has 0 bridgehead atoms. The number of carbonyl (C=O) groups is 1. The van der Waals surface area contributed by atoms with Crippen LogP contribution in [0.3, 0.4) is 0 Å². The van der Waals surface area contributed by atoms with Gasteiger partial charge in [0.25, 0.3) is 5.69 Å². The smallest absolute Gasteiger partial charge is 0.266 e. The first-order valence-electron chi connectivity index (χ1n) is 6.67. The van der Waals surface area contributed by atoms with E-state index in [1.807, 2.05) is 12.3 Å². The Balaban J connectivity index is 2.07. The Labute approximate surface area is 140 Å². The van der Waals surface area contributed by atoms with Gasteiger partial charge in [0.1, 0.15) is 10.8 Å². The van der Waals surface area contributed by atoms with Gasteiger partial charge in [-0.1, -0.05) is 0 Å². The molecule has 1 aromatic heterocycles. The van der Waals surface area contributed by atoms with Crippen LogP contribution in [-0.4, -0.2) is 29.1 Å². The highest BCUT2D eigenvalue weighted by atomic mass is 32.1. The second kappa shape index (κ2) is 7.51. The summed E-state index contributed by atoms with van der Waals surface area (Å²) in [4.78, 5) is 25.9. The molecule has 1 N–H and O–H groups in total. The lowest BCUT2D eigenvalue weighted by Gasteiger charge is -2.12. The van der Waals surface area contributed by atoms with Crippen LogP contribution in [0.15, 0.2) is 22.6 Å². The molecule has 1 heterocycles. The van der Waals surface area contributed by atoms with Gasteiger partial charge < -0.3 is 9.84 Å². The molecular weight excluding hydrogens is 336 g/mol. The lowest BCUT2D eigenvalue weighted by Crippen LogP contribution is -2.19. The Hall–Kier alpha value is -3.01. The number of carbonyl (C=O) groups excluding carboxylic acids is 1. The maximum atomic E-state index is 11.7. The third kappa shape index (κ3) is 4.26. The molecule has 2 aromatic rings. The molecule has 9 nitrogen and oxygen atoms in total. The molecule has 0 spiro atoms. The third-order valence-electron chi connectivity index (χ3n) is 2.86. The van der Waals surface area contributed by atoms with Crippen LogP contribution in [0.1, 0.15) is 16.3 Å². The van der Waals surface area contributed by atoms with Crippen molar-refractivity contribution >= 4 is 29.1 Å². The maximum Gasteiger partial charge on any atom is 0.266 e. The molecule has 0 saturated carbocycles. The van der Waals surface area contributed by atoms with E-state index >= 15 is 0 Å². The SMILES string of the molecule is COc1cc(/C=N\NC(=O)Cc2nc(C)cs2)cc([N+](=O)[O-])c1[O-]. The number of hydrazone groups is 1. The van der Waals surface area contributed by atoms with Crippen molar-refractivity contribution in [2.45, 2.75) is 13.3 Å². The summed E-state index contributed by atoms with van der Waals surface area (Å²) in [6.07, 6.45) is 1.28. The summed E-state index contributed by atoms with van der Waals surface area (Å²) in [6.45, 7) is 1.83. The van der Waals surface area contributed by atoms with Crippen LogP contribution < -0.4 is 15.3 Å². The Morgan fingerprint density at radius 1 is 1.54 bits per heavy atom. The molecule has 0 aliphatic rings. The fraction of sp³-hybridized carbons (Fsp3) is 0.214. The Kier molecular flexibility index (Phi) is 5.42. The Morgan fingerprint density at radius 2 is 2.29 bits per heavy atom. The van der Waals surface area contributed by atoms with E-state index in [-0.39, 0.29) is 23.6 Å². The van der Waals surface area contributed by atoms with Crippen LogP contribution >= 0.6 is 11.3 Å². The molecule has 0 atom stereocenters. The predicted molar refractivity (Wildman–Crippen MR) is 85.4 cm³/mol. The maximum absolute atomic E-state index is 11.7. The van der Waals surface area contributed by atoms with E-state index in [4.69, 9.17) is 4.74 Å². The first-order chi connectivity index (χ1) is 11.4. The minimum atomic E-state index is -0.817. The van der Waals surface area contributed by atoms with Gasteiger partial charge in [0.2, 0.25) is 5.91 Å². The second-order valence-electron chi connectivity index (χ2n) is 4.68. The zero-order valence-corrected chi connectivity index (χ0v) is 13.6. The van der Waals surface area contributed by atoms with Crippen molar-refractivity contribution in [1.82, 2.24) is 10.4 Å². The average molecular weight is 349 g/mol. The summed E-state index contributed by atoms with van der Waals surface area (Å²) in [7, 11) is 1.24. The number of nitrogens with zero attached hydrogens (tertiary/aromatic N) is 3. The lowest BCUT2D eigenvalue weighted by molar-refractivity contribution is -0.398. The molecule has 1 amide bonds. The van der Waals surface area contributed by atoms with E-state index in [2.05, 4.69) is 15.5 Å². The summed E-state index contributed by atoms with van der Waals surface area (Å²) in [5.74, 6) is -1.36. The normalized spacial score (nSPS) is 10.8. The van der Waals surface area contributed by atoms with Crippen molar-refractivity contribution in [1.29, 1.82) is 0 Å². The van der Waals surface area contributed by atoms with Gasteiger partial charge in [-0.25, -0.2) is 10.4 Å². The quantitative estimate of drug-likeness (QED) is 0.473. The average Bonchev–Trinajstić information content (AvgIpc) is 2.93. The van der Waals surface area contributed by atoms with Crippen molar-refractivity contribution in [3.8, 4) is 11.5 Å². The van der Waals surface area contributed by atoms with E-state index in [1.165, 1.54) is 30.7 Å². The monoisotopic (exact) mass is 349 g/mol. The van der Waals surface area contributed by atoms with Gasteiger partial charge in [0.05, 0.1) is 24.7 Å². The van der Waals surface area contributed by atoms with Crippen LogP contribution in [-0.2, 0) is 11.2 Å². The molecule has 0 radical (unpaired) electrons. The molecule has 0 saturated heterocycles. The van der Waals surface area contributed by atoms with Gasteiger partial charge in [-0.3, -0.25) is 14.9 Å². The number of thiazole rings is 1. The van der Waals surface area contributed by atoms with E-state index in [9.17, 15) is 20.0 Å². The van der Waals surface area contributed by atoms with Gasteiger partial charge in [0, 0.05) is 28.5 Å². The number of aromatic nitrogens is 1. The van der Waals surface area contributed by atoms with Gasteiger partial charge in [-0.2, -0.15) is 5.10 Å². The number of nitro benzene ring substituents is 1. The molecule has 0 unspecified atom stereocenters. The number of methoxy groups -OCH3 is 1. The zero-order chi connectivity index (χ0) is 17.7. The van der Waals surface area contributed by atoms with Crippen LogP contribution in [0, 0.1) is 17.0 Å². The van der Waals surface area contributed by atoms with Gasteiger partial charge in [-0.15, -0.1) is 11.3 Å². The van der Waals surface area contributed by atoms with Crippen molar-refractivity contribution < 1.29 is 19.6 Å². The number of aryl methyl sites for hydroxylation is 1. The Bertz CT molecular complexity index is 802. The summed E-state index contributed by atoms with van der Waals surface area (Å²) in [5.41, 5.74) is 2.76. The number of nitrogens with one attached hydrogen (secondary N) is 1. The summed E-state index contributed by atoms with van der Waals surface area (Å²) >= 11 is 1.37. The first-order valence-corrected chi connectivity index (χ1v) is 7.55. The predicted octanol–water partition coefficient (Wildman–Crippen LogP) is 1.13. The number of nitro groups is 1. The topological polar surface area (TPSA) is 130 Å². The summed E-state index contributed by atoms with van der Waals surface area (Å²) in [5, 5.41) is 28.8. The number of amides is 1. The molecule has 10 heteroatoms. The third-order valence-corrected chi connectivity index (χ3v) is 3.82. The number of hydrogen-bond acceptors (Lipinski definition) is 8. The van der Waals surface area contributed by atoms with Crippen LogP contribution in [0.4, 0.5) is 5.69 Å². The minimum Gasteiger partial charge on any atom is -0.865 e. The molecule has 0 aliphatic carbocycles. The van der Waals surface area contributed by atoms with E-state index < -0.39 is 16.4 Å². The number of rotatable bonds is 6. The van der Waals surface area contributed by atoms with Crippen molar-refractivity contribution in [2.75, 3.05) is 7.11 Å². The van der Waals surface area contributed by atoms with E-state index in [1.54, 1.807) is 0 Å². The van der Waals surface area contributed by atoms with Crippen molar-refractivity contribution in [2.24, 2.45) is 5.10 Å². The molecular formula is C14H13N4O5S-. The second-order valence-corrected chi connectivity index (χ2v) is 5.62. The van der Waals surface area contributed by atoms with E-state index in [0.29, 0.717) is 5.01 Å². The largest absolute Gasteiger partial charge is 0.865 e. The van der Waals surface area contributed by atoms with Gasteiger partial charge in [-0.05, 0) is 13.0 Å². The summed E-state index contributed by atoms with van der Waals surface area (Å²) in [6, 6.07) is 2.36. The lowest BCUT2D eigenvalue weighted by atomic mass is 10.2. The Morgan fingerprint density at radius 3 is 2.88 bits per heavy atom. The van der Waals surface area contributed by atoms with Crippen LogP contribution in [0.25, 0.3) is 0 Å². The highest BCUT2D eigenvalue weighted by Gasteiger charge is 2.13. The first kappa shape index (κ1) is 17.3. The van der Waals surface area contributed by atoms with Crippen LogP contribution in [0.2, 0.25) is 0 Å². The molecule has 126 valence electrons. The fourth-order valence-electron chi connectivity index (χ4n) is 1.81. The standard InChI is InChI=1S/C14H14N4O5S/c1-8-7-24-13(16-8)5-12(19)17-15-6-9-3-10(18(21)22)14(20)11(4-9)23-2/h3-4,6-7,20H,5H2,1-2H3,(H,17,19)/p-1/b15-6-. The molecule has 0 fully saturated rings. The van der Waals surface area contributed by atoms with E-state index in [0.717, 1.165) is 11.8 Å². The van der Waals surface area contributed by atoms with Gasteiger partial charge >= 0.3 is 0 Å². The highest BCUT2D eigenvalue weighted by molar-refractivity contribution is 7.09. The van der Waals surface area contributed by atoms with Gasteiger partial charge in [0.15, 0.2) is 0 Å². The molecule has 0 aliphatic heterocycles. The molecule has 24 heavy (non-hydrogen) atoms. The molecule has 2 rings (SSSR count). The van der Waals surface area contributed by atoms with Crippen molar-refractivity contribution in [3.05, 3.63) is 43.9 Å². The molecule has 1 aromatic carbocycles. The number of ether oxygens (including phenoxy) is 1. The number of benzene rings is 1. The summed E-state index contributed by atoms with van der Waals surface area (Å²) < 4.78 is 4.81. The zero-order valence-electron chi connectivity index (χ0n) is 12.8.